The molecule has 2 aliphatic heterocycles. The summed E-state index contributed by atoms with van der Waals surface area (Å²) < 4.78 is 17.1. The Bertz CT molecular complexity index is 1340. The number of piperidine rings is 1. The molecule has 12 heteroatoms. The summed E-state index contributed by atoms with van der Waals surface area (Å²) in [6.45, 7) is 5.66. The first kappa shape index (κ1) is 29.8. The number of aliphatic hydroxyl groups is 1. The van der Waals surface area contributed by atoms with Crippen LogP contribution in [0.3, 0.4) is 0 Å². The van der Waals surface area contributed by atoms with Gasteiger partial charge in [-0.3, -0.25) is 14.4 Å². The molecule has 2 heterocycles. The maximum atomic E-state index is 12.9. The lowest BCUT2D eigenvalue weighted by atomic mass is 9.50. The number of carbonyl (C=O) groups is 4. The number of amides is 1. The number of nitrogens with one attached hydrogen (secondary N) is 1. The summed E-state index contributed by atoms with van der Waals surface area (Å²) in [5.74, 6) is -2.95. The van der Waals surface area contributed by atoms with Crippen LogP contribution >= 0.6 is 0 Å². The van der Waals surface area contributed by atoms with Crippen molar-refractivity contribution in [2.24, 2.45) is 5.92 Å². The van der Waals surface area contributed by atoms with E-state index in [1.807, 2.05) is 27.0 Å². The van der Waals surface area contributed by atoms with E-state index in [9.17, 15) is 34.5 Å². The Labute approximate surface area is 243 Å². The summed E-state index contributed by atoms with van der Waals surface area (Å²) >= 11 is 0. The molecule has 0 unspecified atom stereocenters. The molecular formula is C30H38N2O10. The van der Waals surface area contributed by atoms with Crippen molar-refractivity contribution >= 4 is 23.8 Å². The van der Waals surface area contributed by atoms with Crippen molar-refractivity contribution in [3.05, 3.63) is 35.1 Å². The van der Waals surface area contributed by atoms with E-state index in [0.29, 0.717) is 25.1 Å². The van der Waals surface area contributed by atoms with Gasteiger partial charge < -0.3 is 39.7 Å². The monoisotopic (exact) mass is 586 g/mol. The predicted molar refractivity (Wildman–Crippen MR) is 146 cm³/mol. The number of nitrogens with zero attached hydrogens (tertiary/aromatic N) is 1. The highest BCUT2D eigenvalue weighted by Gasteiger charge is 2.72. The first-order valence-electron chi connectivity index (χ1n) is 14.4. The van der Waals surface area contributed by atoms with Crippen molar-refractivity contribution in [2.75, 3.05) is 13.6 Å². The highest BCUT2D eigenvalue weighted by Crippen LogP contribution is 2.65. The largest absolute Gasteiger partial charge is 0.504 e. The average molecular weight is 587 g/mol. The zero-order valence-electron chi connectivity index (χ0n) is 24.2. The van der Waals surface area contributed by atoms with Gasteiger partial charge in [0.25, 0.3) is 5.91 Å². The van der Waals surface area contributed by atoms with E-state index in [1.165, 1.54) is 6.92 Å². The van der Waals surface area contributed by atoms with Crippen LogP contribution in [0.4, 0.5) is 0 Å². The van der Waals surface area contributed by atoms with E-state index in [1.54, 1.807) is 12.1 Å². The normalized spacial score (nSPS) is 28.6. The zero-order valence-corrected chi connectivity index (χ0v) is 24.2. The second-order valence-corrected chi connectivity index (χ2v) is 12.2. The molecule has 0 saturated carbocycles. The Hall–Kier alpha value is -3.64. The van der Waals surface area contributed by atoms with Crippen LogP contribution in [0.5, 0.6) is 11.5 Å². The fourth-order valence-electron chi connectivity index (χ4n) is 7.12. The third kappa shape index (κ3) is 4.80. The second-order valence-electron chi connectivity index (χ2n) is 12.2. The molecule has 42 heavy (non-hydrogen) atoms. The van der Waals surface area contributed by atoms with Gasteiger partial charge >= 0.3 is 17.9 Å². The van der Waals surface area contributed by atoms with Gasteiger partial charge in [-0.05, 0) is 63.4 Å². The van der Waals surface area contributed by atoms with Crippen molar-refractivity contribution in [1.29, 1.82) is 0 Å². The summed E-state index contributed by atoms with van der Waals surface area (Å²) in [5.41, 5.74) is -0.335. The highest BCUT2D eigenvalue weighted by atomic mass is 16.6. The van der Waals surface area contributed by atoms with Gasteiger partial charge in [-0.2, -0.15) is 0 Å². The third-order valence-corrected chi connectivity index (χ3v) is 9.12. The molecule has 2 aliphatic carbocycles. The van der Waals surface area contributed by atoms with Crippen LogP contribution in [0.25, 0.3) is 0 Å². The van der Waals surface area contributed by atoms with Crippen LogP contribution in [0.15, 0.2) is 24.0 Å². The Balaban J connectivity index is 1.23. The molecule has 1 saturated heterocycles. The topological polar surface area (TPSA) is 172 Å². The van der Waals surface area contributed by atoms with E-state index < -0.39 is 53.1 Å². The van der Waals surface area contributed by atoms with E-state index >= 15 is 0 Å². The molecule has 5 rings (SSSR count). The van der Waals surface area contributed by atoms with Crippen LogP contribution in [-0.2, 0) is 40.5 Å². The van der Waals surface area contributed by atoms with Crippen LogP contribution in [0.1, 0.15) is 64.0 Å². The number of likely N-dealkylation sites (tertiary alicyclic amines) is 1. The molecular weight excluding hydrogens is 548 g/mol. The van der Waals surface area contributed by atoms with Crippen LogP contribution in [0.2, 0.25) is 0 Å². The quantitative estimate of drug-likeness (QED) is 0.293. The minimum Gasteiger partial charge on any atom is -0.504 e. The van der Waals surface area contributed by atoms with Gasteiger partial charge in [-0.15, -0.1) is 0 Å². The highest BCUT2D eigenvalue weighted by molar-refractivity contribution is 5.88. The molecule has 1 amide bonds. The fraction of sp³-hybridized carbons (Fsp3) is 0.600. The molecule has 6 atom stereocenters. The van der Waals surface area contributed by atoms with Crippen LogP contribution < -0.4 is 10.1 Å². The molecule has 1 fully saturated rings. The van der Waals surface area contributed by atoms with E-state index in [2.05, 4.69) is 10.2 Å². The van der Waals surface area contributed by atoms with Crippen molar-refractivity contribution < 1.29 is 48.7 Å². The predicted octanol–water partition coefficient (Wildman–Crippen LogP) is 1.54. The molecule has 1 spiro atoms. The summed E-state index contributed by atoms with van der Waals surface area (Å²) in [7, 11) is 1.98. The number of esters is 2. The van der Waals surface area contributed by atoms with E-state index in [4.69, 9.17) is 14.2 Å². The average Bonchev–Trinajstić information content (AvgIpc) is 3.28. The molecule has 2 bridgehead atoms. The van der Waals surface area contributed by atoms with E-state index in [-0.39, 0.29) is 49.2 Å². The maximum Gasteiger partial charge on any atom is 0.326 e. The minimum absolute atomic E-state index is 0.0264. The van der Waals surface area contributed by atoms with Gasteiger partial charge in [0.1, 0.15) is 11.8 Å². The Morgan fingerprint density at radius 2 is 1.88 bits per heavy atom. The summed E-state index contributed by atoms with van der Waals surface area (Å²) in [6.07, 6.45) is 0.443. The molecule has 12 nitrogen and oxygen atoms in total. The van der Waals surface area contributed by atoms with E-state index in [0.717, 1.165) is 11.1 Å². The lowest BCUT2D eigenvalue weighted by Gasteiger charge is -2.61. The number of likely N-dealkylation sites (N-methyl/N-ethyl adjacent to an activating group) is 1. The molecule has 4 aliphatic rings. The number of benzene rings is 1. The Kier molecular flexibility index (Phi) is 7.73. The summed E-state index contributed by atoms with van der Waals surface area (Å²) in [6, 6.07) is 2.15. The minimum atomic E-state index is -1.25. The lowest BCUT2D eigenvalue weighted by Crippen LogP contribution is -2.74. The van der Waals surface area contributed by atoms with Crippen molar-refractivity contribution in [3.8, 4) is 11.5 Å². The van der Waals surface area contributed by atoms with Gasteiger partial charge in [-0.25, -0.2) is 4.79 Å². The number of aromatic hydroxyl groups is 1. The molecule has 1 aromatic rings. The van der Waals surface area contributed by atoms with Gasteiger partial charge in [0.2, 0.25) is 0 Å². The first-order chi connectivity index (χ1) is 19.8. The maximum absolute atomic E-state index is 12.9. The molecule has 0 aromatic heterocycles. The van der Waals surface area contributed by atoms with Crippen molar-refractivity contribution in [1.82, 2.24) is 10.2 Å². The number of carboxylic acid groups (broad SMARTS) is 1. The Morgan fingerprint density at radius 3 is 2.57 bits per heavy atom. The Morgan fingerprint density at radius 1 is 1.17 bits per heavy atom. The molecule has 228 valence electrons. The number of carboxylic acids is 1. The number of hydrogen-bond acceptors (Lipinski definition) is 10. The van der Waals surface area contributed by atoms with Crippen LogP contribution in [0, 0.1) is 5.92 Å². The van der Waals surface area contributed by atoms with Crippen LogP contribution in [-0.4, -0.2) is 87.5 Å². The summed E-state index contributed by atoms with van der Waals surface area (Å²) in [5, 5.41) is 34.5. The van der Waals surface area contributed by atoms with Crippen molar-refractivity contribution in [2.45, 2.75) is 94.6 Å². The second kappa shape index (κ2) is 10.9. The van der Waals surface area contributed by atoms with Gasteiger partial charge in [0, 0.05) is 18.0 Å². The number of rotatable bonds is 10. The molecule has 0 radical (unpaired) electrons. The van der Waals surface area contributed by atoms with Gasteiger partial charge in [-0.1, -0.05) is 19.9 Å². The third-order valence-electron chi connectivity index (χ3n) is 9.12. The smallest absolute Gasteiger partial charge is 0.326 e. The first-order valence-corrected chi connectivity index (χ1v) is 14.4. The van der Waals surface area contributed by atoms with Crippen molar-refractivity contribution in [3.63, 3.8) is 0 Å². The zero-order chi connectivity index (χ0) is 30.6. The number of ether oxygens (including phenoxy) is 3. The SMILES string of the molecule is CC(C)C[C@H](NC(=O)[C@H](C)OC(=O)CCC(=O)OC1=CC[C@@]2(O)[C@@H]3Cc4ccc(O)c5c4[C@@]2(CCN3C)[C@H]1O5)C(=O)O. The van der Waals surface area contributed by atoms with Gasteiger partial charge in [0.05, 0.1) is 23.9 Å². The molecule has 1 aromatic carbocycles. The standard InChI is InChI=1S/C30H38N2O10/c1-15(2)13-18(28(37)38)31-27(36)16(3)40-22(34)7-8-23(35)41-20-9-10-30(39)21-14-17-5-6-19(33)25-24(17)29(30,26(20)42-25)11-12-32(21)4/h5-6,9,15-16,18,21,26,33,39H,7-8,10-14H2,1-4H3,(H,31,36)(H,37,38)/t16-,18-,21-,26-,29-,30+/m0/s1. The summed E-state index contributed by atoms with van der Waals surface area (Å²) in [4.78, 5) is 51.2. The number of phenols is 1. The number of aliphatic carboxylic acids is 1. The lowest BCUT2D eigenvalue weighted by molar-refractivity contribution is -0.169. The molecule has 4 N–H and O–H groups in total. The fourth-order valence-corrected chi connectivity index (χ4v) is 7.12. The number of carbonyl (C=O) groups excluding carboxylic acids is 3. The number of phenolic OH excluding ortho intramolecular Hbond substituents is 1. The van der Waals surface area contributed by atoms with Gasteiger partial charge in [0.15, 0.2) is 23.7 Å². The number of hydrogen-bond donors (Lipinski definition) is 4.